The lowest BCUT2D eigenvalue weighted by Gasteiger charge is -2.34. The Bertz CT molecular complexity index is 9810. The minimum absolute atomic E-state index is 0.130. The van der Waals surface area contributed by atoms with Crippen LogP contribution in [0.5, 0.6) is 0 Å². The first-order valence-electron chi connectivity index (χ1n) is 45.8. The zero-order valence-corrected chi connectivity index (χ0v) is 72.4. The standard InChI is InChI=1S/C49H29N3.C39H25N3.C36H21N3/c1-2-13-32(14-3-1)52-48-41-20-9-7-18-37(41)36-17-6-8-19-40(36)47(48)50-49(52)31-24-27-33(28-25-31)51-42-23-11-22-39-35-16-5-4-15-34(35)38-21-10-12-30-26-29-43(51)46(44(30)38)45(39)42;1-39(2)28-16-6-5-13-27(28)37-35-29(39)17-9-18-30(35)40-38(41-37)42-31-19-8-15-26-24-12-4-3-11-23(24)25-14-7-10-22-20-21-32(42)36(33(22)25)34(26)31;1-2-9-22(10-3-1)29-21-32(38-36-28(29)16-8-20-37-36)39-30-17-7-15-27-25-13-5-4-12-24(25)26-14-6-11-23-18-19-31(39)35(33(23)26)34(27)30/h1-29H;3-21H,1-2H3;1-21H. The molecule has 0 fully saturated rings. The lowest BCUT2D eigenvalue weighted by molar-refractivity contribution is 0.643. The van der Waals surface area contributed by atoms with Crippen LogP contribution in [0.1, 0.15) is 25.0 Å². The van der Waals surface area contributed by atoms with Gasteiger partial charge in [0.15, 0.2) is 5.65 Å². The molecule has 0 radical (unpaired) electrons. The molecule has 20 aromatic carbocycles. The number of hydrogen-bond acceptors (Lipinski definition) is 5. The molecule has 0 saturated carbocycles. The summed E-state index contributed by atoms with van der Waals surface area (Å²) in [7, 11) is 0. The van der Waals surface area contributed by atoms with Crippen LogP contribution in [0.4, 0.5) is 0 Å². The highest BCUT2D eigenvalue weighted by Gasteiger charge is 2.37. The van der Waals surface area contributed by atoms with Crippen molar-refractivity contribution in [2.45, 2.75) is 19.3 Å². The first-order valence-corrected chi connectivity index (χ1v) is 45.8. The summed E-state index contributed by atoms with van der Waals surface area (Å²) in [6, 6.07) is 149. The molecular formula is C124H75N9. The highest BCUT2D eigenvalue weighted by atomic mass is 15.2. The lowest BCUT2D eigenvalue weighted by Crippen LogP contribution is -2.24. The Hall–Kier alpha value is -17.5. The van der Waals surface area contributed by atoms with Crippen LogP contribution < -0.4 is 0 Å². The van der Waals surface area contributed by atoms with Gasteiger partial charge in [0.05, 0.1) is 55.3 Å². The van der Waals surface area contributed by atoms with Crippen molar-refractivity contribution in [3.63, 3.8) is 0 Å². The molecule has 4 aliphatic rings. The minimum atomic E-state index is -0.130. The van der Waals surface area contributed by atoms with Gasteiger partial charge in [-0.1, -0.05) is 329 Å². The van der Waals surface area contributed by atoms with E-state index in [2.05, 4.69) is 439 Å². The summed E-state index contributed by atoms with van der Waals surface area (Å²) >= 11 is 0. The third-order valence-electron chi connectivity index (χ3n) is 29.2. The Labute approximate surface area is 763 Å². The Kier molecular flexibility index (Phi) is 15.3. The number of aromatic nitrogens is 9. The topological polar surface area (TPSA) is 84.2 Å². The van der Waals surface area contributed by atoms with Gasteiger partial charge >= 0.3 is 0 Å². The summed E-state index contributed by atoms with van der Waals surface area (Å²) < 4.78 is 9.43. The van der Waals surface area contributed by atoms with Crippen LogP contribution in [0, 0.1) is 0 Å². The van der Waals surface area contributed by atoms with Crippen LogP contribution in [-0.2, 0) is 5.41 Å². The van der Waals surface area contributed by atoms with Crippen LogP contribution in [0.15, 0.2) is 419 Å². The van der Waals surface area contributed by atoms with Crippen molar-refractivity contribution in [2.24, 2.45) is 0 Å². The third kappa shape index (κ3) is 10.3. The molecule has 31 rings (SSSR count). The molecule has 0 unspecified atom stereocenters. The Morgan fingerprint density at radius 2 is 0.647 bits per heavy atom. The van der Waals surface area contributed by atoms with Gasteiger partial charge in [0, 0.05) is 88.0 Å². The van der Waals surface area contributed by atoms with Gasteiger partial charge in [-0.05, 0) is 229 Å². The van der Waals surface area contributed by atoms with E-state index in [4.69, 9.17) is 24.9 Å². The number of benzene rings is 20. The van der Waals surface area contributed by atoms with Crippen molar-refractivity contribution in [3.8, 4) is 124 Å². The van der Waals surface area contributed by atoms with Crippen molar-refractivity contribution in [1.29, 1.82) is 0 Å². The van der Waals surface area contributed by atoms with Crippen LogP contribution in [0.2, 0.25) is 0 Å². The molecular weight excluding hydrogens is 1620 g/mol. The SMILES string of the molecule is CC1(C)c2ccccc2-c2nc(-n3c4cccc5c4c4c6c(cccc6ccc43)-c3ccccc3-5)nc3cccc1c23.c1ccc(-c2cc(-n3c4cccc5c4c4c6c(cccc6ccc43)-c3ccccc3-5)nc3ncccc23)cc1.c1ccc(-n2c(-c3ccc(-n4c5cccc6c5c5c7c(cccc7ccc54)-c4ccccc4-6)cc3)nc3c4ccccc4c4ccccc4c32)cc1. The molecule has 0 aliphatic heterocycles. The fraction of sp³-hybridized carbons (Fsp3) is 0.0242. The molecule has 9 heteroatoms. The monoisotopic (exact) mass is 1690 g/mol. The summed E-state index contributed by atoms with van der Waals surface area (Å²) in [5.41, 5.74) is 36.5. The van der Waals surface area contributed by atoms with Gasteiger partial charge in [-0.3, -0.25) is 13.7 Å². The normalized spacial score (nSPS) is 12.8. The van der Waals surface area contributed by atoms with E-state index >= 15 is 0 Å². The molecule has 0 atom stereocenters. The van der Waals surface area contributed by atoms with Crippen molar-refractivity contribution in [3.05, 3.63) is 430 Å². The molecule has 7 aromatic heterocycles. The second kappa shape index (κ2) is 27.7. The molecule has 133 heavy (non-hydrogen) atoms. The van der Waals surface area contributed by atoms with E-state index in [1.807, 2.05) is 12.3 Å². The van der Waals surface area contributed by atoms with Crippen molar-refractivity contribution in [1.82, 2.24) is 43.2 Å². The average molecular weight is 1690 g/mol. The van der Waals surface area contributed by atoms with Gasteiger partial charge in [0.1, 0.15) is 11.6 Å². The average Bonchev–Trinajstić information content (AvgIpc) is 1.45. The van der Waals surface area contributed by atoms with E-state index in [0.29, 0.717) is 5.95 Å². The predicted octanol–water partition coefficient (Wildman–Crippen LogP) is 31.9. The number of fused-ring (bicyclic) bond motifs is 18. The molecule has 0 amide bonds. The molecule has 0 bridgehead atoms. The number of nitrogens with zero attached hydrogens (tertiary/aromatic N) is 9. The Morgan fingerprint density at radius 3 is 1.21 bits per heavy atom. The fourth-order valence-electron chi connectivity index (χ4n) is 23.6. The van der Waals surface area contributed by atoms with E-state index in [0.717, 1.165) is 100 Å². The first kappa shape index (κ1) is 73.5. The second-order valence-electron chi connectivity index (χ2n) is 36.3. The first-order chi connectivity index (χ1) is 65.8. The van der Waals surface area contributed by atoms with E-state index in [1.165, 1.54) is 181 Å². The van der Waals surface area contributed by atoms with Gasteiger partial charge in [-0.2, -0.15) is 0 Å². The number of hydrogen-bond donors (Lipinski definition) is 0. The smallest absolute Gasteiger partial charge is 0.235 e. The number of rotatable bonds is 6. The molecule has 616 valence electrons. The van der Waals surface area contributed by atoms with Gasteiger partial charge in [0.25, 0.3) is 0 Å². The molecule has 4 aliphatic carbocycles. The van der Waals surface area contributed by atoms with Crippen LogP contribution >= 0.6 is 0 Å². The van der Waals surface area contributed by atoms with Crippen LogP contribution in [0.3, 0.4) is 0 Å². The van der Waals surface area contributed by atoms with Gasteiger partial charge < -0.3 is 4.57 Å². The van der Waals surface area contributed by atoms with E-state index in [-0.39, 0.29) is 5.41 Å². The Morgan fingerprint density at radius 1 is 0.233 bits per heavy atom. The highest BCUT2D eigenvalue weighted by Crippen LogP contribution is 2.56. The number of pyridine rings is 2. The Balaban J connectivity index is 0.0000000987. The van der Waals surface area contributed by atoms with Crippen LogP contribution in [-0.4, -0.2) is 43.2 Å². The molecule has 0 saturated heterocycles. The summed E-state index contributed by atoms with van der Waals surface area (Å²) in [4.78, 5) is 26.1. The van der Waals surface area contributed by atoms with E-state index in [1.54, 1.807) is 0 Å². The van der Waals surface area contributed by atoms with Gasteiger partial charge in [-0.15, -0.1) is 0 Å². The summed E-state index contributed by atoms with van der Waals surface area (Å²) in [6.07, 6.45) is 1.83. The quantitative estimate of drug-likeness (QED) is 0.155. The zero-order valence-electron chi connectivity index (χ0n) is 72.4. The summed E-state index contributed by atoms with van der Waals surface area (Å²) in [6.45, 7) is 4.62. The number of imidazole rings is 1. The van der Waals surface area contributed by atoms with Gasteiger partial charge in [0.2, 0.25) is 5.95 Å². The van der Waals surface area contributed by atoms with E-state index < -0.39 is 0 Å². The van der Waals surface area contributed by atoms with E-state index in [9.17, 15) is 0 Å². The second-order valence-corrected chi connectivity index (χ2v) is 36.3. The van der Waals surface area contributed by atoms with Gasteiger partial charge in [-0.25, -0.2) is 24.9 Å². The zero-order chi connectivity index (χ0) is 87.2. The molecule has 0 spiro atoms. The minimum Gasteiger partial charge on any atom is -0.309 e. The molecule has 7 heterocycles. The molecule has 27 aromatic rings. The van der Waals surface area contributed by atoms with Crippen molar-refractivity contribution in [2.75, 3.05) is 0 Å². The molecule has 9 nitrogen and oxygen atoms in total. The maximum absolute atomic E-state index is 5.47. The van der Waals surface area contributed by atoms with Crippen LogP contribution in [0.25, 0.3) is 276 Å². The lowest BCUT2D eigenvalue weighted by atomic mass is 9.70. The largest absolute Gasteiger partial charge is 0.309 e. The molecule has 0 N–H and O–H groups in total. The number of para-hydroxylation sites is 1. The highest BCUT2D eigenvalue weighted by molar-refractivity contribution is 6.34. The summed E-state index contributed by atoms with van der Waals surface area (Å²) in [5.74, 6) is 2.52. The van der Waals surface area contributed by atoms with Crippen molar-refractivity contribution >= 4 is 152 Å². The maximum Gasteiger partial charge on any atom is 0.235 e. The third-order valence-corrected chi connectivity index (χ3v) is 29.2. The fourth-order valence-corrected chi connectivity index (χ4v) is 23.6. The predicted molar refractivity (Wildman–Crippen MR) is 552 cm³/mol. The maximum atomic E-state index is 5.47. The summed E-state index contributed by atoms with van der Waals surface area (Å²) in [5, 5.41) is 22.5. The van der Waals surface area contributed by atoms with Crippen molar-refractivity contribution < 1.29 is 0 Å².